The van der Waals surface area contributed by atoms with Gasteiger partial charge < -0.3 is 15.4 Å². The molecule has 0 spiro atoms. The summed E-state index contributed by atoms with van der Waals surface area (Å²) in [6.45, 7) is 1.71. The number of carbonyl (C=O) groups excluding carboxylic acids is 2. The number of hydrogen-bond donors (Lipinski definition) is 2. The number of rotatable bonds is 7. The largest absolute Gasteiger partial charge is 0.376 e. The first-order chi connectivity index (χ1) is 15.9. The molecule has 2 amide bonds. The van der Waals surface area contributed by atoms with E-state index in [1.54, 1.807) is 54.6 Å². The molecular weight excluding hydrogens is 442 g/mol. The third kappa shape index (κ3) is 5.61. The number of amides is 2. The first kappa shape index (κ1) is 23.4. The summed E-state index contributed by atoms with van der Waals surface area (Å²) in [6.07, 6.45) is 2.81. The van der Waals surface area contributed by atoms with Crippen LogP contribution in [0.4, 0.5) is 5.69 Å². The van der Waals surface area contributed by atoms with E-state index in [0.29, 0.717) is 30.6 Å². The zero-order valence-electron chi connectivity index (χ0n) is 18.4. The Balaban J connectivity index is 1.34. The van der Waals surface area contributed by atoms with Crippen LogP contribution in [-0.2, 0) is 19.6 Å². The number of hydrogen-bond acceptors (Lipinski definition) is 5. The van der Waals surface area contributed by atoms with Crippen LogP contribution in [0, 0.1) is 5.92 Å². The Morgan fingerprint density at radius 2 is 1.67 bits per heavy atom. The highest BCUT2D eigenvalue weighted by atomic mass is 32.2. The normalized spacial score (nSPS) is 19.8. The van der Waals surface area contributed by atoms with E-state index in [4.69, 9.17) is 4.74 Å². The zero-order chi connectivity index (χ0) is 23.3. The lowest BCUT2D eigenvalue weighted by atomic mass is 9.97. The molecule has 2 N–H and O–H groups in total. The predicted molar refractivity (Wildman–Crippen MR) is 124 cm³/mol. The number of anilines is 1. The smallest absolute Gasteiger partial charge is 0.253 e. The van der Waals surface area contributed by atoms with Crippen LogP contribution in [0.15, 0.2) is 59.5 Å². The van der Waals surface area contributed by atoms with Crippen LogP contribution in [0.25, 0.3) is 0 Å². The maximum absolute atomic E-state index is 12.9. The van der Waals surface area contributed by atoms with Crippen molar-refractivity contribution in [1.29, 1.82) is 0 Å². The van der Waals surface area contributed by atoms with Crippen LogP contribution in [-0.4, -0.2) is 56.9 Å². The fraction of sp³-hybridized carbons (Fsp3) is 0.417. The summed E-state index contributed by atoms with van der Waals surface area (Å²) >= 11 is 0. The fourth-order valence-electron chi connectivity index (χ4n) is 4.23. The highest BCUT2D eigenvalue weighted by Gasteiger charge is 2.32. The Morgan fingerprint density at radius 3 is 2.36 bits per heavy atom. The second-order valence-corrected chi connectivity index (χ2v) is 10.3. The maximum atomic E-state index is 12.9. The van der Waals surface area contributed by atoms with E-state index in [0.717, 1.165) is 19.4 Å². The lowest BCUT2D eigenvalue weighted by Gasteiger charge is -2.30. The molecule has 9 heteroatoms. The van der Waals surface area contributed by atoms with E-state index in [1.807, 2.05) is 0 Å². The number of carbonyl (C=O) groups is 2. The molecule has 2 saturated heterocycles. The van der Waals surface area contributed by atoms with E-state index in [9.17, 15) is 18.0 Å². The van der Waals surface area contributed by atoms with Gasteiger partial charge in [0.15, 0.2) is 0 Å². The lowest BCUT2D eigenvalue weighted by Crippen LogP contribution is -2.41. The number of sulfonamides is 1. The second kappa shape index (κ2) is 10.5. The van der Waals surface area contributed by atoms with Gasteiger partial charge in [0.2, 0.25) is 15.9 Å². The van der Waals surface area contributed by atoms with E-state index < -0.39 is 10.0 Å². The third-order valence-corrected chi connectivity index (χ3v) is 8.06. The van der Waals surface area contributed by atoms with E-state index in [2.05, 4.69) is 10.6 Å². The summed E-state index contributed by atoms with van der Waals surface area (Å²) in [6, 6.07) is 15.2. The van der Waals surface area contributed by atoms with Gasteiger partial charge in [-0.15, -0.1) is 0 Å². The highest BCUT2D eigenvalue weighted by Crippen LogP contribution is 2.25. The summed E-state index contributed by atoms with van der Waals surface area (Å²) < 4.78 is 32.6. The van der Waals surface area contributed by atoms with E-state index in [1.165, 1.54) is 4.31 Å². The summed E-state index contributed by atoms with van der Waals surface area (Å²) in [5.41, 5.74) is 0.847. The fourth-order valence-corrected chi connectivity index (χ4v) is 5.72. The first-order valence-corrected chi connectivity index (χ1v) is 12.7. The maximum Gasteiger partial charge on any atom is 0.253 e. The Morgan fingerprint density at radius 1 is 0.970 bits per heavy atom. The predicted octanol–water partition coefficient (Wildman–Crippen LogP) is 2.63. The van der Waals surface area contributed by atoms with Crippen LogP contribution in [0.1, 0.15) is 36.0 Å². The van der Waals surface area contributed by atoms with Crippen LogP contribution in [0.2, 0.25) is 0 Å². The van der Waals surface area contributed by atoms with Crippen molar-refractivity contribution >= 4 is 27.5 Å². The minimum Gasteiger partial charge on any atom is -0.376 e. The monoisotopic (exact) mass is 471 g/mol. The topological polar surface area (TPSA) is 105 Å². The lowest BCUT2D eigenvalue weighted by molar-refractivity contribution is -0.120. The van der Waals surface area contributed by atoms with Gasteiger partial charge >= 0.3 is 0 Å². The molecule has 2 aromatic rings. The summed E-state index contributed by atoms with van der Waals surface area (Å²) in [5.74, 6) is -0.786. The molecule has 33 heavy (non-hydrogen) atoms. The molecule has 1 atom stereocenters. The van der Waals surface area contributed by atoms with Crippen LogP contribution in [0.3, 0.4) is 0 Å². The Kier molecular flexibility index (Phi) is 7.42. The number of piperidine rings is 1. The van der Waals surface area contributed by atoms with Crippen molar-refractivity contribution in [1.82, 2.24) is 9.62 Å². The van der Waals surface area contributed by atoms with Gasteiger partial charge in [0.1, 0.15) is 0 Å². The van der Waals surface area contributed by atoms with Crippen LogP contribution < -0.4 is 10.6 Å². The molecule has 2 aliphatic heterocycles. The molecule has 2 aliphatic rings. The minimum absolute atomic E-state index is 0.0352. The van der Waals surface area contributed by atoms with Crippen molar-refractivity contribution in [2.45, 2.75) is 36.7 Å². The summed E-state index contributed by atoms with van der Waals surface area (Å²) in [7, 11) is -3.56. The molecule has 0 radical (unpaired) electrons. The van der Waals surface area contributed by atoms with Gasteiger partial charge in [0.25, 0.3) is 5.91 Å². The zero-order valence-corrected chi connectivity index (χ0v) is 19.2. The molecule has 2 fully saturated rings. The number of ether oxygens (including phenoxy) is 1. The van der Waals surface area contributed by atoms with E-state index in [-0.39, 0.29) is 41.8 Å². The van der Waals surface area contributed by atoms with Gasteiger partial charge in [-0.1, -0.05) is 30.3 Å². The SMILES string of the molecule is O=C(NCC1CCCO1)c1ccccc1NC(=O)C1CCN(S(=O)(=O)c2ccccc2)CC1. The molecule has 2 heterocycles. The molecule has 176 valence electrons. The molecule has 0 saturated carbocycles. The number of para-hydroxylation sites is 1. The van der Waals surface area contributed by atoms with Crippen molar-refractivity contribution in [3.8, 4) is 0 Å². The highest BCUT2D eigenvalue weighted by molar-refractivity contribution is 7.89. The van der Waals surface area contributed by atoms with Gasteiger partial charge in [0.05, 0.1) is 22.3 Å². The third-order valence-electron chi connectivity index (χ3n) is 6.15. The first-order valence-electron chi connectivity index (χ1n) is 11.3. The van der Waals surface area contributed by atoms with Crippen molar-refractivity contribution in [2.75, 3.05) is 31.6 Å². The van der Waals surface area contributed by atoms with Gasteiger partial charge in [-0.25, -0.2) is 8.42 Å². The molecule has 0 bridgehead atoms. The van der Waals surface area contributed by atoms with Gasteiger partial charge in [-0.3, -0.25) is 9.59 Å². The molecule has 2 aromatic carbocycles. The van der Waals surface area contributed by atoms with Crippen molar-refractivity contribution in [2.24, 2.45) is 5.92 Å². The van der Waals surface area contributed by atoms with Crippen molar-refractivity contribution in [3.63, 3.8) is 0 Å². The minimum atomic E-state index is -3.56. The molecule has 1 unspecified atom stereocenters. The molecule has 4 rings (SSSR count). The number of nitrogens with zero attached hydrogens (tertiary/aromatic N) is 1. The van der Waals surface area contributed by atoms with E-state index >= 15 is 0 Å². The quantitative estimate of drug-likeness (QED) is 0.646. The second-order valence-electron chi connectivity index (χ2n) is 8.37. The van der Waals surface area contributed by atoms with Crippen LogP contribution >= 0.6 is 0 Å². The summed E-state index contributed by atoms with van der Waals surface area (Å²) in [5, 5.41) is 5.76. The number of nitrogens with one attached hydrogen (secondary N) is 2. The molecular formula is C24H29N3O5S. The van der Waals surface area contributed by atoms with Gasteiger partial charge in [-0.2, -0.15) is 4.31 Å². The molecule has 8 nitrogen and oxygen atoms in total. The average Bonchev–Trinajstić information content (AvgIpc) is 3.37. The number of benzene rings is 2. The molecule has 0 aromatic heterocycles. The van der Waals surface area contributed by atoms with Crippen molar-refractivity contribution < 1.29 is 22.7 Å². The van der Waals surface area contributed by atoms with Crippen molar-refractivity contribution in [3.05, 3.63) is 60.2 Å². The average molecular weight is 472 g/mol. The standard InChI is InChI=1S/C24H29N3O5S/c28-23(18-12-14-27(15-13-18)33(30,31)20-8-2-1-3-9-20)26-22-11-5-4-10-21(22)24(29)25-17-19-7-6-16-32-19/h1-5,8-11,18-19H,6-7,12-17H2,(H,25,29)(H,26,28). The summed E-state index contributed by atoms with van der Waals surface area (Å²) in [4.78, 5) is 25.8. The Hall–Kier alpha value is -2.75. The van der Waals surface area contributed by atoms with Gasteiger partial charge in [-0.05, 0) is 49.9 Å². The molecule has 0 aliphatic carbocycles. The van der Waals surface area contributed by atoms with Gasteiger partial charge in [0, 0.05) is 32.2 Å². The Bertz CT molecular complexity index is 1080. The Labute approximate surface area is 194 Å². The van der Waals surface area contributed by atoms with Crippen LogP contribution in [0.5, 0.6) is 0 Å².